The third-order valence-corrected chi connectivity index (χ3v) is 5.37. The highest BCUT2D eigenvalue weighted by atomic mass is 32.1. The molecule has 0 bridgehead atoms. The second-order valence-corrected chi connectivity index (χ2v) is 7.59. The van der Waals surface area contributed by atoms with Crippen molar-refractivity contribution < 1.29 is 9.59 Å². The smallest absolute Gasteiger partial charge is 0.226 e. The average molecular weight is 338 g/mol. The van der Waals surface area contributed by atoms with E-state index >= 15 is 0 Å². The van der Waals surface area contributed by atoms with Crippen molar-refractivity contribution in [2.24, 2.45) is 0 Å². The Hall–Kier alpha value is -1.50. The fourth-order valence-corrected chi connectivity index (χ4v) is 3.72. The minimum atomic E-state index is -0.179. The number of aromatic nitrogens is 2. The van der Waals surface area contributed by atoms with Crippen LogP contribution in [0.5, 0.6) is 0 Å². The number of carbonyl (C=O) groups is 2. The lowest BCUT2D eigenvalue weighted by molar-refractivity contribution is -0.138. The van der Waals surface area contributed by atoms with Crippen LogP contribution in [0.4, 0.5) is 5.13 Å². The third-order valence-electron chi connectivity index (χ3n) is 4.23. The maximum Gasteiger partial charge on any atom is 0.226 e. The molecule has 0 aromatic carbocycles. The number of amides is 2. The molecule has 1 saturated heterocycles. The molecule has 1 aromatic heterocycles. The Balaban J connectivity index is 1.82. The number of carbonyl (C=O) groups excluding carboxylic acids is 2. The highest BCUT2D eigenvalue weighted by molar-refractivity contribution is 7.15. The maximum absolute atomic E-state index is 12.4. The van der Waals surface area contributed by atoms with Crippen molar-refractivity contribution in [1.29, 1.82) is 0 Å². The molecule has 2 amide bonds. The molecule has 7 heteroatoms. The topological polar surface area (TPSA) is 75.2 Å². The summed E-state index contributed by atoms with van der Waals surface area (Å²) in [7, 11) is 0. The van der Waals surface area contributed by atoms with Gasteiger partial charge in [-0.3, -0.25) is 9.59 Å². The summed E-state index contributed by atoms with van der Waals surface area (Å²) in [6, 6.07) is 0.539. The number of hydrogen-bond donors (Lipinski definition) is 1. The van der Waals surface area contributed by atoms with Crippen LogP contribution in [0.2, 0.25) is 0 Å². The minimum absolute atomic E-state index is 0.0694. The van der Waals surface area contributed by atoms with Gasteiger partial charge in [0.2, 0.25) is 16.9 Å². The third kappa shape index (κ3) is 4.73. The van der Waals surface area contributed by atoms with Gasteiger partial charge in [-0.1, -0.05) is 25.2 Å². The van der Waals surface area contributed by atoms with E-state index in [1.807, 2.05) is 18.7 Å². The van der Waals surface area contributed by atoms with Crippen LogP contribution >= 0.6 is 11.3 Å². The number of nitrogens with zero attached hydrogens (tertiary/aromatic N) is 3. The van der Waals surface area contributed by atoms with Crippen LogP contribution in [0.1, 0.15) is 70.7 Å². The monoisotopic (exact) mass is 338 g/mol. The molecule has 1 aliphatic rings. The first-order valence-corrected chi connectivity index (χ1v) is 9.14. The van der Waals surface area contributed by atoms with E-state index in [1.54, 1.807) is 0 Å². The standard InChI is InChI=1S/C16H26N4O2S/c1-10(2)15-18-19-16(23-15)17-13(21)8-9-14(22)20-11(3)6-5-7-12(20)4/h10-12H,5-9H2,1-4H3,(H,17,19,21)/t11-,12+. The van der Waals surface area contributed by atoms with Gasteiger partial charge in [-0.2, -0.15) is 0 Å². The molecule has 1 fully saturated rings. The zero-order valence-electron chi connectivity index (χ0n) is 14.3. The zero-order chi connectivity index (χ0) is 17.0. The van der Waals surface area contributed by atoms with E-state index in [0.29, 0.717) is 11.0 Å². The van der Waals surface area contributed by atoms with Crippen LogP contribution in [0.3, 0.4) is 0 Å². The van der Waals surface area contributed by atoms with Gasteiger partial charge in [0, 0.05) is 30.8 Å². The lowest BCUT2D eigenvalue weighted by atomic mass is 9.97. The van der Waals surface area contributed by atoms with E-state index in [4.69, 9.17) is 0 Å². The Morgan fingerprint density at radius 1 is 1.22 bits per heavy atom. The van der Waals surface area contributed by atoms with Crippen LogP contribution in [0, 0.1) is 0 Å². The van der Waals surface area contributed by atoms with Crippen molar-refractivity contribution >= 4 is 28.3 Å². The van der Waals surface area contributed by atoms with Crippen molar-refractivity contribution in [3.05, 3.63) is 5.01 Å². The number of piperidine rings is 1. The minimum Gasteiger partial charge on any atom is -0.337 e. The molecule has 2 heterocycles. The predicted molar refractivity (Wildman–Crippen MR) is 91.5 cm³/mol. The zero-order valence-corrected chi connectivity index (χ0v) is 15.2. The fourth-order valence-electron chi connectivity index (χ4n) is 2.96. The van der Waals surface area contributed by atoms with Crippen LogP contribution in [0.25, 0.3) is 0 Å². The summed E-state index contributed by atoms with van der Waals surface area (Å²) < 4.78 is 0. The SMILES string of the molecule is CC(C)c1nnc(NC(=O)CCC(=O)N2[C@H](C)CCC[C@@H]2C)s1. The summed E-state index contributed by atoms with van der Waals surface area (Å²) in [4.78, 5) is 26.3. The molecule has 1 aliphatic heterocycles. The molecule has 0 aliphatic carbocycles. The maximum atomic E-state index is 12.4. The molecule has 0 saturated carbocycles. The molecule has 128 valence electrons. The molecule has 1 aromatic rings. The first-order chi connectivity index (χ1) is 10.9. The number of anilines is 1. The van der Waals surface area contributed by atoms with Gasteiger partial charge in [-0.15, -0.1) is 10.2 Å². The lowest BCUT2D eigenvalue weighted by Crippen LogP contribution is -2.47. The summed E-state index contributed by atoms with van der Waals surface area (Å²) >= 11 is 1.38. The van der Waals surface area contributed by atoms with Gasteiger partial charge >= 0.3 is 0 Å². The Kier molecular flexibility index (Phi) is 6.10. The van der Waals surface area contributed by atoms with Gasteiger partial charge in [0.25, 0.3) is 0 Å². The lowest BCUT2D eigenvalue weighted by Gasteiger charge is -2.39. The molecule has 0 radical (unpaired) electrons. The van der Waals surface area contributed by atoms with Crippen LogP contribution in [-0.4, -0.2) is 39.0 Å². The summed E-state index contributed by atoms with van der Waals surface area (Å²) in [5.74, 6) is 0.184. The molecular weight excluding hydrogens is 312 g/mol. The van der Waals surface area contributed by atoms with E-state index in [0.717, 1.165) is 17.8 Å². The highest BCUT2D eigenvalue weighted by Crippen LogP contribution is 2.24. The van der Waals surface area contributed by atoms with Crippen molar-refractivity contribution in [3.8, 4) is 0 Å². The molecule has 0 unspecified atom stereocenters. The second-order valence-electron chi connectivity index (χ2n) is 6.58. The average Bonchev–Trinajstić information content (AvgIpc) is 2.93. The highest BCUT2D eigenvalue weighted by Gasteiger charge is 2.28. The Labute approximate surface area is 141 Å². The molecule has 2 rings (SSSR count). The van der Waals surface area contributed by atoms with E-state index < -0.39 is 0 Å². The molecule has 6 nitrogen and oxygen atoms in total. The van der Waals surface area contributed by atoms with Crippen LogP contribution in [0.15, 0.2) is 0 Å². The summed E-state index contributed by atoms with van der Waals surface area (Å²) in [6.07, 6.45) is 3.69. The van der Waals surface area contributed by atoms with Crippen molar-refractivity contribution in [1.82, 2.24) is 15.1 Å². The Morgan fingerprint density at radius 3 is 2.43 bits per heavy atom. The molecule has 23 heavy (non-hydrogen) atoms. The first-order valence-electron chi connectivity index (χ1n) is 8.33. The van der Waals surface area contributed by atoms with Gasteiger partial charge < -0.3 is 10.2 Å². The number of nitrogens with one attached hydrogen (secondary N) is 1. The number of rotatable bonds is 5. The largest absolute Gasteiger partial charge is 0.337 e. The van der Waals surface area contributed by atoms with Gasteiger partial charge in [-0.05, 0) is 33.1 Å². The molecular formula is C16H26N4O2S. The molecule has 2 atom stereocenters. The fraction of sp³-hybridized carbons (Fsp3) is 0.750. The Morgan fingerprint density at radius 2 is 1.87 bits per heavy atom. The normalized spacial score (nSPS) is 21.5. The van der Waals surface area contributed by atoms with E-state index in [9.17, 15) is 9.59 Å². The predicted octanol–water partition coefficient (Wildman–Crippen LogP) is 3.17. The van der Waals surface area contributed by atoms with Crippen molar-refractivity contribution in [2.45, 2.75) is 77.8 Å². The number of likely N-dealkylation sites (tertiary alicyclic amines) is 1. The van der Waals surface area contributed by atoms with Crippen LogP contribution < -0.4 is 5.32 Å². The molecule has 1 N–H and O–H groups in total. The van der Waals surface area contributed by atoms with Gasteiger partial charge in [-0.25, -0.2) is 0 Å². The van der Waals surface area contributed by atoms with Crippen molar-refractivity contribution in [2.75, 3.05) is 5.32 Å². The first kappa shape index (κ1) is 17.8. The second kappa shape index (κ2) is 7.86. The van der Waals surface area contributed by atoms with E-state index in [1.165, 1.54) is 17.8 Å². The van der Waals surface area contributed by atoms with Gasteiger partial charge in [0.15, 0.2) is 0 Å². The quantitative estimate of drug-likeness (QED) is 0.895. The van der Waals surface area contributed by atoms with E-state index in [-0.39, 0.29) is 36.7 Å². The van der Waals surface area contributed by atoms with Crippen LogP contribution in [-0.2, 0) is 9.59 Å². The van der Waals surface area contributed by atoms with E-state index in [2.05, 4.69) is 29.4 Å². The summed E-state index contributed by atoms with van der Waals surface area (Å²) in [5, 5.41) is 12.1. The van der Waals surface area contributed by atoms with Gasteiger partial charge in [0.05, 0.1) is 0 Å². The summed E-state index contributed by atoms with van der Waals surface area (Å²) in [6.45, 7) is 8.24. The van der Waals surface area contributed by atoms with Crippen molar-refractivity contribution in [3.63, 3.8) is 0 Å². The van der Waals surface area contributed by atoms with Gasteiger partial charge in [0.1, 0.15) is 5.01 Å². The summed E-state index contributed by atoms with van der Waals surface area (Å²) in [5.41, 5.74) is 0. The number of hydrogen-bond acceptors (Lipinski definition) is 5. The Bertz CT molecular complexity index is 548. The molecule has 0 spiro atoms.